The number of aryl methyl sites for hydroxylation is 1. The maximum Gasteiger partial charge on any atom is 0.257 e. The highest BCUT2D eigenvalue weighted by Crippen LogP contribution is 2.29. The molecular weight excluding hydrogens is 294 g/mol. The van der Waals surface area contributed by atoms with Crippen molar-refractivity contribution >= 4 is 5.91 Å². The Morgan fingerprint density at radius 3 is 2.87 bits per heavy atom. The number of methoxy groups -OCH3 is 1. The number of hydrogen-bond donors (Lipinski definition) is 0. The SMILES string of the molecule is COCc1cnc(C)nc1C1CCN(C(=O)c2ccoc2)CC1. The lowest BCUT2D eigenvalue weighted by molar-refractivity contribution is 0.0710. The Morgan fingerprint density at radius 1 is 1.43 bits per heavy atom. The van der Waals surface area contributed by atoms with Crippen molar-refractivity contribution in [1.82, 2.24) is 14.9 Å². The zero-order valence-corrected chi connectivity index (χ0v) is 13.5. The molecule has 0 unspecified atom stereocenters. The zero-order valence-electron chi connectivity index (χ0n) is 13.5. The summed E-state index contributed by atoms with van der Waals surface area (Å²) in [6.45, 7) is 3.87. The standard InChI is InChI=1S/C17H21N3O3/c1-12-18-9-15(10-22-2)16(19-12)13-3-6-20(7-4-13)17(21)14-5-8-23-11-14/h5,8-9,11,13H,3-4,6-7,10H2,1-2H3. The van der Waals surface area contributed by atoms with Crippen molar-refractivity contribution in [1.29, 1.82) is 0 Å². The fourth-order valence-electron chi connectivity index (χ4n) is 3.06. The Morgan fingerprint density at radius 2 is 2.22 bits per heavy atom. The van der Waals surface area contributed by atoms with Gasteiger partial charge in [-0.15, -0.1) is 0 Å². The largest absolute Gasteiger partial charge is 0.472 e. The molecule has 6 nitrogen and oxygen atoms in total. The monoisotopic (exact) mass is 315 g/mol. The van der Waals surface area contributed by atoms with Crippen LogP contribution in [-0.2, 0) is 11.3 Å². The molecule has 1 aliphatic heterocycles. The molecule has 3 rings (SSSR count). The minimum absolute atomic E-state index is 0.0354. The molecule has 0 bridgehead atoms. The summed E-state index contributed by atoms with van der Waals surface area (Å²) in [5.41, 5.74) is 2.72. The van der Waals surface area contributed by atoms with Crippen molar-refractivity contribution < 1.29 is 13.9 Å². The minimum atomic E-state index is 0.0354. The molecule has 0 atom stereocenters. The Bertz CT molecular complexity index is 662. The average Bonchev–Trinajstić information content (AvgIpc) is 3.11. The summed E-state index contributed by atoms with van der Waals surface area (Å²) in [7, 11) is 1.68. The molecule has 1 saturated heterocycles. The highest BCUT2D eigenvalue weighted by Gasteiger charge is 2.27. The first-order valence-electron chi connectivity index (χ1n) is 7.82. The number of furan rings is 1. The number of piperidine rings is 1. The third-order valence-electron chi connectivity index (χ3n) is 4.26. The van der Waals surface area contributed by atoms with Crippen LogP contribution in [0.25, 0.3) is 0 Å². The van der Waals surface area contributed by atoms with Gasteiger partial charge in [0.05, 0.1) is 24.1 Å². The lowest BCUT2D eigenvalue weighted by Crippen LogP contribution is -2.38. The van der Waals surface area contributed by atoms with Crippen LogP contribution in [-0.4, -0.2) is 41.0 Å². The van der Waals surface area contributed by atoms with Crippen LogP contribution in [0.2, 0.25) is 0 Å². The summed E-state index contributed by atoms with van der Waals surface area (Å²) in [4.78, 5) is 23.1. The van der Waals surface area contributed by atoms with Crippen molar-refractivity contribution in [3.8, 4) is 0 Å². The Kier molecular flexibility index (Phi) is 4.71. The first-order chi connectivity index (χ1) is 11.2. The lowest BCUT2D eigenvalue weighted by Gasteiger charge is -2.32. The fraction of sp³-hybridized carbons (Fsp3) is 0.471. The van der Waals surface area contributed by atoms with E-state index in [1.165, 1.54) is 12.5 Å². The number of hydrogen-bond acceptors (Lipinski definition) is 5. The molecule has 1 amide bonds. The Hall–Kier alpha value is -2.21. The molecule has 0 N–H and O–H groups in total. The normalized spacial score (nSPS) is 15.8. The van der Waals surface area contributed by atoms with Gasteiger partial charge in [-0.2, -0.15) is 0 Å². The van der Waals surface area contributed by atoms with E-state index < -0.39 is 0 Å². The molecule has 0 spiro atoms. The van der Waals surface area contributed by atoms with Crippen LogP contribution in [0.3, 0.4) is 0 Å². The maximum atomic E-state index is 12.3. The van der Waals surface area contributed by atoms with E-state index >= 15 is 0 Å². The molecule has 0 saturated carbocycles. The second-order valence-corrected chi connectivity index (χ2v) is 5.84. The van der Waals surface area contributed by atoms with Gasteiger partial charge in [0.15, 0.2) is 0 Å². The lowest BCUT2D eigenvalue weighted by atomic mass is 9.90. The van der Waals surface area contributed by atoms with Crippen LogP contribution in [0.15, 0.2) is 29.2 Å². The zero-order chi connectivity index (χ0) is 16.2. The smallest absolute Gasteiger partial charge is 0.257 e. The number of carbonyl (C=O) groups excluding carboxylic acids is 1. The summed E-state index contributed by atoms with van der Waals surface area (Å²) in [5, 5.41) is 0. The van der Waals surface area contributed by atoms with E-state index in [1.54, 1.807) is 13.2 Å². The van der Waals surface area contributed by atoms with Gasteiger partial charge in [0.25, 0.3) is 5.91 Å². The summed E-state index contributed by atoms with van der Waals surface area (Å²) >= 11 is 0. The predicted molar refractivity (Wildman–Crippen MR) is 84.1 cm³/mol. The topological polar surface area (TPSA) is 68.5 Å². The van der Waals surface area contributed by atoms with Gasteiger partial charge in [-0.1, -0.05) is 0 Å². The number of amides is 1. The van der Waals surface area contributed by atoms with Gasteiger partial charge in [-0.25, -0.2) is 9.97 Å². The van der Waals surface area contributed by atoms with Crippen molar-refractivity contribution in [3.63, 3.8) is 0 Å². The van der Waals surface area contributed by atoms with Gasteiger partial charge in [0.1, 0.15) is 12.1 Å². The maximum absolute atomic E-state index is 12.3. The predicted octanol–water partition coefficient (Wildman–Crippen LogP) is 2.54. The molecule has 2 aromatic rings. The highest BCUT2D eigenvalue weighted by molar-refractivity contribution is 5.93. The first-order valence-corrected chi connectivity index (χ1v) is 7.82. The Balaban J connectivity index is 1.69. The third kappa shape index (κ3) is 3.42. The van der Waals surface area contributed by atoms with Crippen LogP contribution in [0.1, 0.15) is 46.2 Å². The van der Waals surface area contributed by atoms with E-state index in [4.69, 9.17) is 9.15 Å². The van der Waals surface area contributed by atoms with Crippen LogP contribution in [0, 0.1) is 6.92 Å². The van der Waals surface area contributed by atoms with Gasteiger partial charge in [-0.3, -0.25) is 4.79 Å². The summed E-state index contributed by atoms with van der Waals surface area (Å²) < 4.78 is 10.2. The third-order valence-corrected chi connectivity index (χ3v) is 4.26. The number of aromatic nitrogens is 2. The number of ether oxygens (including phenoxy) is 1. The van der Waals surface area contributed by atoms with E-state index in [0.717, 1.165) is 43.0 Å². The van der Waals surface area contributed by atoms with Gasteiger partial charge >= 0.3 is 0 Å². The van der Waals surface area contributed by atoms with Crippen molar-refractivity contribution in [3.05, 3.63) is 47.4 Å². The number of likely N-dealkylation sites (tertiary alicyclic amines) is 1. The molecule has 1 aliphatic rings. The Labute approximate surface area is 135 Å². The van der Waals surface area contributed by atoms with Gasteiger partial charge in [0.2, 0.25) is 0 Å². The molecular formula is C17H21N3O3. The van der Waals surface area contributed by atoms with E-state index in [-0.39, 0.29) is 5.91 Å². The fourth-order valence-corrected chi connectivity index (χ4v) is 3.06. The van der Waals surface area contributed by atoms with E-state index in [2.05, 4.69) is 9.97 Å². The first kappa shape index (κ1) is 15.7. The summed E-state index contributed by atoms with van der Waals surface area (Å²) in [5.74, 6) is 1.15. The molecule has 23 heavy (non-hydrogen) atoms. The summed E-state index contributed by atoms with van der Waals surface area (Å²) in [6, 6.07) is 1.71. The molecule has 0 radical (unpaired) electrons. The van der Waals surface area contributed by atoms with Crippen LogP contribution < -0.4 is 0 Å². The summed E-state index contributed by atoms with van der Waals surface area (Å²) in [6.07, 6.45) is 6.68. The van der Waals surface area contributed by atoms with E-state index in [1.807, 2.05) is 18.0 Å². The second-order valence-electron chi connectivity index (χ2n) is 5.84. The van der Waals surface area contributed by atoms with Gasteiger partial charge in [0, 0.05) is 37.9 Å². The molecule has 122 valence electrons. The van der Waals surface area contributed by atoms with Gasteiger partial charge in [-0.05, 0) is 25.8 Å². The van der Waals surface area contributed by atoms with Crippen molar-refractivity contribution in [2.24, 2.45) is 0 Å². The number of rotatable bonds is 4. The van der Waals surface area contributed by atoms with E-state index in [0.29, 0.717) is 18.1 Å². The molecule has 3 heterocycles. The quantitative estimate of drug-likeness (QED) is 0.867. The number of nitrogens with zero attached hydrogens (tertiary/aromatic N) is 3. The second kappa shape index (κ2) is 6.91. The minimum Gasteiger partial charge on any atom is -0.472 e. The van der Waals surface area contributed by atoms with Crippen LogP contribution >= 0.6 is 0 Å². The molecule has 6 heteroatoms. The molecule has 2 aromatic heterocycles. The number of carbonyl (C=O) groups is 1. The molecule has 1 fully saturated rings. The van der Waals surface area contributed by atoms with Crippen molar-refractivity contribution in [2.75, 3.05) is 20.2 Å². The molecule has 0 aliphatic carbocycles. The highest BCUT2D eigenvalue weighted by atomic mass is 16.5. The molecule has 0 aromatic carbocycles. The van der Waals surface area contributed by atoms with Crippen LogP contribution in [0.4, 0.5) is 0 Å². The van der Waals surface area contributed by atoms with Gasteiger partial charge < -0.3 is 14.1 Å². The van der Waals surface area contributed by atoms with Crippen molar-refractivity contribution in [2.45, 2.75) is 32.3 Å². The average molecular weight is 315 g/mol. The van der Waals surface area contributed by atoms with Crippen LogP contribution in [0.5, 0.6) is 0 Å². The van der Waals surface area contributed by atoms with E-state index in [9.17, 15) is 4.79 Å².